The highest BCUT2D eigenvalue weighted by Gasteiger charge is 2.29. The lowest BCUT2D eigenvalue weighted by molar-refractivity contribution is -0.137. The Bertz CT molecular complexity index is 913. The van der Waals surface area contributed by atoms with E-state index >= 15 is 0 Å². The quantitative estimate of drug-likeness (QED) is 0.570. The summed E-state index contributed by atoms with van der Waals surface area (Å²) in [7, 11) is 0. The van der Waals surface area contributed by atoms with E-state index in [1.165, 1.54) is 0 Å². The van der Waals surface area contributed by atoms with Crippen LogP contribution in [0.15, 0.2) is 48.5 Å². The number of hydrogen-bond donors (Lipinski definition) is 3. The van der Waals surface area contributed by atoms with Crippen LogP contribution in [0.4, 0.5) is 4.79 Å². The molecule has 0 heterocycles. The predicted molar refractivity (Wildman–Crippen MR) is 117 cm³/mol. The molecular weight excluding hydrogens is 396 g/mol. The Labute approximate surface area is 181 Å². The fourth-order valence-electron chi connectivity index (χ4n) is 4.00. The number of alkyl carbamates (subject to hydrolysis) is 1. The van der Waals surface area contributed by atoms with Gasteiger partial charge in [0.25, 0.3) is 0 Å². The van der Waals surface area contributed by atoms with Gasteiger partial charge >= 0.3 is 12.1 Å². The van der Waals surface area contributed by atoms with Crippen molar-refractivity contribution in [2.45, 2.75) is 51.1 Å². The van der Waals surface area contributed by atoms with Crippen LogP contribution in [-0.4, -0.2) is 41.8 Å². The summed E-state index contributed by atoms with van der Waals surface area (Å²) < 4.78 is 5.51. The smallest absolute Gasteiger partial charge is 0.407 e. The molecule has 2 aromatic carbocycles. The first kappa shape index (κ1) is 22.3. The third-order valence-corrected chi connectivity index (χ3v) is 5.40. The molecule has 0 saturated carbocycles. The second-order valence-corrected chi connectivity index (χ2v) is 7.82. The van der Waals surface area contributed by atoms with Crippen LogP contribution >= 0.6 is 0 Å². The van der Waals surface area contributed by atoms with Gasteiger partial charge in [0.15, 0.2) is 0 Å². The van der Waals surface area contributed by atoms with E-state index in [1.807, 2.05) is 43.3 Å². The number of aliphatic carboxylic acids is 1. The zero-order valence-corrected chi connectivity index (χ0v) is 17.8. The Morgan fingerprint density at radius 2 is 1.58 bits per heavy atom. The van der Waals surface area contributed by atoms with Crippen LogP contribution in [0.25, 0.3) is 11.1 Å². The number of benzene rings is 2. The van der Waals surface area contributed by atoms with Gasteiger partial charge in [-0.1, -0.05) is 61.9 Å². The minimum Gasteiger partial charge on any atom is -0.481 e. The molecule has 0 radical (unpaired) electrons. The Kier molecular flexibility index (Phi) is 7.28. The van der Waals surface area contributed by atoms with E-state index in [9.17, 15) is 14.4 Å². The molecule has 2 atom stereocenters. The standard InChI is InChI=1S/C24H28N2O5/c1-3-8-21(23(29)25-15(2)13-22(27)28)26-24(30)31-14-20-18-11-6-4-9-16(18)17-10-5-7-12-19(17)20/h4-7,9-12,15,20-21H,3,8,13-14H2,1-2H3,(H,25,29)(H,26,30)(H,27,28). The van der Waals surface area contributed by atoms with E-state index in [0.29, 0.717) is 12.8 Å². The van der Waals surface area contributed by atoms with E-state index in [0.717, 1.165) is 22.3 Å². The van der Waals surface area contributed by atoms with Crippen molar-refractivity contribution in [1.82, 2.24) is 10.6 Å². The van der Waals surface area contributed by atoms with Gasteiger partial charge in [-0.15, -0.1) is 0 Å². The topological polar surface area (TPSA) is 105 Å². The molecule has 0 aromatic heterocycles. The average molecular weight is 424 g/mol. The van der Waals surface area contributed by atoms with Crippen molar-refractivity contribution in [3.63, 3.8) is 0 Å². The molecule has 7 nitrogen and oxygen atoms in total. The average Bonchev–Trinajstić information content (AvgIpc) is 3.05. The monoisotopic (exact) mass is 424 g/mol. The van der Waals surface area contributed by atoms with Gasteiger partial charge in [-0.25, -0.2) is 4.79 Å². The molecule has 31 heavy (non-hydrogen) atoms. The summed E-state index contributed by atoms with van der Waals surface area (Å²) in [4.78, 5) is 35.8. The Balaban J connectivity index is 1.62. The number of amides is 2. The number of carbonyl (C=O) groups is 3. The number of fused-ring (bicyclic) bond motifs is 3. The van der Waals surface area contributed by atoms with Crippen LogP contribution in [0.3, 0.4) is 0 Å². The van der Waals surface area contributed by atoms with Gasteiger partial charge in [0, 0.05) is 12.0 Å². The number of rotatable bonds is 9. The zero-order chi connectivity index (χ0) is 22.4. The van der Waals surface area contributed by atoms with E-state index < -0.39 is 30.1 Å². The first-order valence-electron chi connectivity index (χ1n) is 10.5. The van der Waals surface area contributed by atoms with Crippen molar-refractivity contribution in [3.05, 3.63) is 59.7 Å². The molecule has 0 saturated heterocycles. The van der Waals surface area contributed by atoms with Gasteiger partial charge in [0.2, 0.25) is 5.91 Å². The van der Waals surface area contributed by atoms with Crippen LogP contribution in [0, 0.1) is 0 Å². The van der Waals surface area contributed by atoms with Gasteiger partial charge in [-0.3, -0.25) is 9.59 Å². The maximum atomic E-state index is 12.5. The third kappa shape index (κ3) is 5.42. The lowest BCUT2D eigenvalue weighted by Crippen LogP contribution is -2.49. The second-order valence-electron chi connectivity index (χ2n) is 7.82. The van der Waals surface area contributed by atoms with Crippen LogP contribution in [0.2, 0.25) is 0 Å². The first-order valence-corrected chi connectivity index (χ1v) is 10.5. The maximum Gasteiger partial charge on any atom is 0.407 e. The Hall–Kier alpha value is -3.35. The SMILES string of the molecule is CCCC(NC(=O)OCC1c2ccccc2-c2ccccc21)C(=O)NC(C)CC(=O)O. The molecule has 2 aromatic rings. The van der Waals surface area contributed by atoms with Crippen molar-refractivity contribution in [2.75, 3.05) is 6.61 Å². The van der Waals surface area contributed by atoms with Gasteiger partial charge in [-0.05, 0) is 35.6 Å². The lowest BCUT2D eigenvalue weighted by atomic mass is 9.98. The lowest BCUT2D eigenvalue weighted by Gasteiger charge is -2.21. The number of carboxylic acids is 1. The van der Waals surface area contributed by atoms with Crippen LogP contribution < -0.4 is 10.6 Å². The zero-order valence-electron chi connectivity index (χ0n) is 17.8. The number of ether oxygens (including phenoxy) is 1. The van der Waals surface area contributed by atoms with Gasteiger partial charge in [0.1, 0.15) is 12.6 Å². The molecule has 0 spiro atoms. The molecule has 164 valence electrons. The summed E-state index contributed by atoms with van der Waals surface area (Å²) in [6.45, 7) is 3.68. The fourth-order valence-corrected chi connectivity index (χ4v) is 4.00. The summed E-state index contributed by atoms with van der Waals surface area (Å²) in [5, 5.41) is 14.1. The molecule has 0 bridgehead atoms. The molecular formula is C24H28N2O5. The van der Waals surface area contributed by atoms with Crippen LogP contribution in [-0.2, 0) is 14.3 Å². The van der Waals surface area contributed by atoms with Crippen molar-refractivity contribution in [1.29, 1.82) is 0 Å². The minimum absolute atomic E-state index is 0.0628. The highest BCUT2D eigenvalue weighted by molar-refractivity contribution is 5.86. The van der Waals surface area contributed by atoms with Crippen molar-refractivity contribution >= 4 is 18.0 Å². The van der Waals surface area contributed by atoms with Crippen molar-refractivity contribution in [2.24, 2.45) is 0 Å². The number of carboxylic acid groups (broad SMARTS) is 1. The summed E-state index contributed by atoms with van der Waals surface area (Å²) in [6, 6.07) is 14.8. The van der Waals surface area contributed by atoms with E-state index in [-0.39, 0.29) is 18.9 Å². The van der Waals surface area contributed by atoms with Crippen molar-refractivity contribution in [3.8, 4) is 11.1 Å². The molecule has 7 heteroatoms. The van der Waals surface area contributed by atoms with Gasteiger partial charge in [-0.2, -0.15) is 0 Å². The molecule has 3 rings (SSSR count). The summed E-state index contributed by atoms with van der Waals surface area (Å²) in [6.07, 6.45) is 0.252. The summed E-state index contributed by atoms with van der Waals surface area (Å²) in [5.74, 6) is -1.47. The van der Waals surface area contributed by atoms with E-state index in [4.69, 9.17) is 9.84 Å². The molecule has 1 aliphatic rings. The number of hydrogen-bond acceptors (Lipinski definition) is 4. The van der Waals surface area contributed by atoms with Crippen molar-refractivity contribution < 1.29 is 24.2 Å². The molecule has 2 amide bonds. The molecule has 0 aliphatic heterocycles. The second kappa shape index (κ2) is 10.1. The minimum atomic E-state index is -0.996. The first-order chi connectivity index (χ1) is 14.9. The van der Waals surface area contributed by atoms with E-state index in [2.05, 4.69) is 22.8 Å². The Morgan fingerprint density at radius 1 is 1.00 bits per heavy atom. The largest absolute Gasteiger partial charge is 0.481 e. The molecule has 1 aliphatic carbocycles. The summed E-state index contributed by atoms with van der Waals surface area (Å²) in [5.41, 5.74) is 4.51. The third-order valence-electron chi connectivity index (χ3n) is 5.40. The maximum absolute atomic E-state index is 12.5. The van der Waals surface area contributed by atoms with Gasteiger partial charge < -0.3 is 20.5 Å². The van der Waals surface area contributed by atoms with Crippen LogP contribution in [0.5, 0.6) is 0 Å². The van der Waals surface area contributed by atoms with Crippen LogP contribution in [0.1, 0.15) is 50.2 Å². The molecule has 2 unspecified atom stereocenters. The Morgan fingerprint density at radius 3 is 2.13 bits per heavy atom. The highest BCUT2D eigenvalue weighted by Crippen LogP contribution is 2.44. The molecule has 0 fully saturated rings. The number of carbonyl (C=O) groups excluding carboxylic acids is 2. The fraction of sp³-hybridized carbons (Fsp3) is 0.375. The highest BCUT2D eigenvalue weighted by atomic mass is 16.5. The van der Waals surface area contributed by atoms with E-state index in [1.54, 1.807) is 6.92 Å². The number of nitrogens with one attached hydrogen (secondary N) is 2. The molecule has 3 N–H and O–H groups in total. The normalized spacial score (nSPS) is 14.1. The van der Waals surface area contributed by atoms with Gasteiger partial charge in [0.05, 0.1) is 6.42 Å². The summed E-state index contributed by atoms with van der Waals surface area (Å²) >= 11 is 0. The predicted octanol–water partition coefficient (Wildman–Crippen LogP) is 3.67.